The smallest absolute Gasteiger partial charge is 0.416 e. The molecule has 2 N–H and O–H groups in total. The standard InChI is InChI=1S/C21H14F6N6O2/c22-20(23,24)8-32(15-7-35-16-6-11(21(25,26)27)2-3-12(15)16)19(34)10-1-4-13-14(5-10)33-9-29-31-18(33)17(28)30-13/h1-6,9,15H,7-8H2,(H2,28,30). The Bertz CT molecular complexity index is 1460. The summed E-state index contributed by atoms with van der Waals surface area (Å²) in [5.74, 6) is -1.15. The van der Waals surface area contributed by atoms with Gasteiger partial charge in [0.05, 0.1) is 22.6 Å². The number of amides is 1. The molecule has 1 amide bonds. The monoisotopic (exact) mass is 496 g/mol. The van der Waals surface area contributed by atoms with Gasteiger partial charge in [-0.3, -0.25) is 9.20 Å². The Morgan fingerprint density at radius 3 is 2.63 bits per heavy atom. The molecule has 0 radical (unpaired) electrons. The van der Waals surface area contributed by atoms with E-state index >= 15 is 0 Å². The summed E-state index contributed by atoms with van der Waals surface area (Å²) in [6.07, 6.45) is -8.12. The molecule has 4 aromatic rings. The van der Waals surface area contributed by atoms with Crippen LogP contribution in [0.5, 0.6) is 5.75 Å². The van der Waals surface area contributed by atoms with Crippen LogP contribution in [-0.4, -0.2) is 49.7 Å². The molecule has 0 aliphatic carbocycles. The highest BCUT2D eigenvalue weighted by Gasteiger charge is 2.41. The summed E-state index contributed by atoms with van der Waals surface area (Å²) >= 11 is 0. The Kier molecular flexibility index (Phi) is 5.00. The number of nitrogen functional groups attached to an aromatic ring is 1. The number of halogens is 6. The molecular weight excluding hydrogens is 482 g/mol. The van der Waals surface area contributed by atoms with Gasteiger partial charge in [0, 0.05) is 11.1 Å². The lowest BCUT2D eigenvalue weighted by Crippen LogP contribution is -2.42. The Morgan fingerprint density at radius 1 is 1.14 bits per heavy atom. The van der Waals surface area contributed by atoms with Crippen molar-refractivity contribution in [1.29, 1.82) is 0 Å². The number of ether oxygens (including phenoxy) is 1. The molecule has 2 aromatic carbocycles. The summed E-state index contributed by atoms with van der Waals surface area (Å²) in [4.78, 5) is 18.0. The number of benzene rings is 2. The predicted molar refractivity (Wildman–Crippen MR) is 109 cm³/mol. The second-order valence-electron chi connectivity index (χ2n) is 7.85. The summed E-state index contributed by atoms with van der Waals surface area (Å²) in [5.41, 5.74) is 5.64. The summed E-state index contributed by atoms with van der Waals surface area (Å²) < 4.78 is 86.2. The van der Waals surface area contributed by atoms with Crippen LogP contribution in [0.15, 0.2) is 42.7 Å². The maximum absolute atomic E-state index is 13.5. The van der Waals surface area contributed by atoms with Crippen LogP contribution in [0.1, 0.15) is 27.5 Å². The zero-order chi connectivity index (χ0) is 25.1. The third-order valence-corrected chi connectivity index (χ3v) is 5.58. The lowest BCUT2D eigenvalue weighted by atomic mass is 10.0. The van der Waals surface area contributed by atoms with Crippen LogP contribution in [-0.2, 0) is 6.18 Å². The molecule has 1 unspecified atom stereocenters. The Hall–Kier alpha value is -4.10. The highest BCUT2D eigenvalue weighted by atomic mass is 19.4. The molecule has 2 aromatic heterocycles. The van der Waals surface area contributed by atoms with Gasteiger partial charge >= 0.3 is 12.4 Å². The molecule has 8 nitrogen and oxygen atoms in total. The molecule has 0 bridgehead atoms. The maximum atomic E-state index is 13.5. The van der Waals surface area contributed by atoms with E-state index in [1.807, 2.05) is 0 Å². The number of hydrogen-bond donors (Lipinski definition) is 1. The van der Waals surface area contributed by atoms with Crippen molar-refractivity contribution >= 4 is 28.4 Å². The Balaban J connectivity index is 1.56. The van der Waals surface area contributed by atoms with Crippen molar-refractivity contribution in [3.8, 4) is 5.75 Å². The summed E-state index contributed by atoms with van der Waals surface area (Å²) in [5, 5.41) is 7.56. The molecule has 0 saturated heterocycles. The highest BCUT2D eigenvalue weighted by molar-refractivity contribution is 5.98. The summed E-state index contributed by atoms with van der Waals surface area (Å²) in [6.45, 7) is -2.07. The van der Waals surface area contributed by atoms with Gasteiger partial charge < -0.3 is 15.4 Å². The molecular formula is C21H14F6N6O2. The average molecular weight is 496 g/mol. The molecule has 1 aliphatic heterocycles. The van der Waals surface area contributed by atoms with Crippen LogP contribution in [0.25, 0.3) is 16.7 Å². The average Bonchev–Trinajstić information content (AvgIpc) is 3.43. The van der Waals surface area contributed by atoms with Gasteiger partial charge in [-0.2, -0.15) is 26.3 Å². The first-order chi connectivity index (χ1) is 16.4. The maximum Gasteiger partial charge on any atom is 0.416 e. The van der Waals surface area contributed by atoms with Crippen LogP contribution < -0.4 is 10.5 Å². The molecule has 1 aliphatic rings. The molecule has 0 fully saturated rings. The van der Waals surface area contributed by atoms with E-state index in [0.717, 1.165) is 12.1 Å². The minimum atomic E-state index is -4.78. The van der Waals surface area contributed by atoms with Crippen LogP contribution in [0.4, 0.5) is 32.2 Å². The number of alkyl halides is 6. The zero-order valence-corrected chi connectivity index (χ0v) is 17.4. The first kappa shape index (κ1) is 22.7. The van der Waals surface area contributed by atoms with Crippen molar-refractivity contribution in [3.05, 3.63) is 59.4 Å². The third kappa shape index (κ3) is 4.04. The molecule has 0 saturated carbocycles. The number of carbonyl (C=O) groups excluding carboxylic acids is 1. The first-order valence-corrected chi connectivity index (χ1v) is 10.0. The molecule has 3 heterocycles. The Morgan fingerprint density at radius 2 is 1.91 bits per heavy atom. The van der Waals surface area contributed by atoms with Gasteiger partial charge in [0.1, 0.15) is 25.2 Å². The van der Waals surface area contributed by atoms with Crippen molar-refractivity contribution < 1.29 is 35.9 Å². The number of fused-ring (bicyclic) bond motifs is 4. The largest absolute Gasteiger partial charge is 0.491 e. The van der Waals surface area contributed by atoms with E-state index in [4.69, 9.17) is 10.5 Å². The molecule has 14 heteroatoms. The summed E-state index contributed by atoms with van der Waals surface area (Å²) in [6, 6.07) is 5.26. The van der Waals surface area contributed by atoms with Gasteiger partial charge in [0.2, 0.25) is 5.65 Å². The molecule has 1 atom stereocenters. The van der Waals surface area contributed by atoms with Crippen molar-refractivity contribution in [2.24, 2.45) is 0 Å². The summed E-state index contributed by atoms with van der Waals surface area (Å²) in [7, 11) is 0. The predicted octanol–water partition coefficient (Wildman–Crippen LogP) is 4.02. The van der Waals surface area contributed by atoms with Gasteiger partial charge in [-0.1, -0.05) is 6.07 Å². The van der Waals surface area contributed by atoms with Gasteiger partial charge in [-0.15, -0.1) is 10.2 Å². The number of nitrogens with zero attached hydrogens (tertiary/aromatic N) is 5. The van der Waals surface area contributed by atoms with E-state index in [1.165, 1.54) is 28.9 Å². The van der Waals surface area contributed by atoms with Gasteiger partial charge in [-0.05, 0) is 30.3 Å². The minimum Gasteiger partial charge on any atom is -0.491 e. The van der Waals surface area contributed by atoms with E-state index < -0.39 is 43.0 Å². The fourth-order valence-corrected chi connectivity index (χ4v) is 4.02. The number of nitrogens with two attached hydrogens (primary N) is 1. The van der Waals surface area contributed by atoms with Gasteiger partial charge in [0.15, 0.2) is 5.82 Å². The lowest BCUT2D eigenvalue weighted by Gasteiger charge is -2.29. The van der Waals surface area contributed by atoms with E-state index in [1.54, 1.807) is 0 Å². The number of carbonyl (C=O) groups is 1. The molecule has 35 heavy (non-hydrogen) atoms. The third-order valence-electron chi connectivity index (χ3n) is 5.58. The second-order valence-corrected chi connectivity index (χ2v) is 7.85. The molecule has 182 valence electrons. The van der Waals surface area contributed by atoms with Crippen LogP contribution >= 0.6 is 0 Å². The zero-order valence-electron chi connectivity index (χ0n) is 17.4. The van der Waals surface area contributed by atoms with Gasteiger partial charge in [-0.25, -0.2) is 4.98 Å². The quantitative estimate of drug-likeness (QED) is 0.431. The van der Waals surface area contributed by atoms with Crippen LogP contribution in [0, 0.1) is 0 Å². The SMILES string of the molecule is Nc1nc2ccc(C(=O)N(CC(F)(F)F)C3COc4cc(C(F)(F)F)ccc43)cc2n2cnnc12. The van der Waals surface area contributed by atoms with E-state index in [9.17, 15) is 31.1 Å². The Labute approximate surface area is 191 Å². The van der Waals surface area contributed by atoms with Crippen molar-refractivity contribution in [2.45, 2.75) is 18.4 Å². The second kappa shape index (κ2) is 7.71. The van der Waals surface area contributed by atoms with E-state index in [-0.39, 0.29) is 28.3 Å². The van der Waals surface area contributed by atoms with Crippen LogP contribution in [0.3, 0.4) is 0 Å². The fourth-order valence-electron chi connectivity index (χ4n) is 4.02. The minimum absolute atomic E-state index is 0.0482. The van der Waals surface area contributed by atoms with Gasteiger partial charge in [0.25, 0.3) is 5.91 Å². The van der Waals surface area contributed by atoms with Crippen molar-refractivity contribution in [1.82, 2.24) is 24.5 Å². The van der Waals surface area contributed by atoms with E-state index in [2.05, 4.69) is 15.2 Å². The first-order valence-electron chi connectivity index (χ1n) is 10.0. The van der Waals surface area contributed by atoms with Crippen LogP contribution in [0.2, 0.25) is 0 Å². The topological polar surface area (TPSA) is 98.6 Å². The number of rotatable bonds is 3. The number of aromatic nitrogens is 4. The lowest BCUT2D eigenvalue weighted by molar-refractivity contribution is -0.145. The number of anilines is 1. The normalized spacial score (nSPS) is 15.9. The fraction of sp³-hybridized carbons (Fsp3) is 0.238. The number of hydrogen-bond acceptors (Lipinski definition) is 6. The molecule has 5 rings (SSSR count). The van der Waals surface area contributed by atoms with E-state index in [0.29, 0.717) is 22.0 Å². The highest BCUT2D eigenvalue weighted by Crippen LogP contribution is 2.41. The van der Waals surface area contributed by atoms with Crippen molar-refractivity contribution in [3.63, 3.8) is 0 Å². The molecule has 0 spiro atoms. The van der Waals surface area contributed by atoms with Crippen molar-refractivity contribution in [2.75, 3.05) is 18.9 Å².